The van der Waals surface area contributed by atoms with Crippen molar-refractivity contribution < 1.29 is 14.3 Å². The quantitative estimate of drug-likeness (QED) is 0.585. The molecule has 0 saturated carbocycles. The molecular formula is C12H27ClN2O3. The van der Waals surface area contributed by atoms with Gasteiger partial charge in [0.25, 0.3) is 0 Å². The fourth-order valence-electron chi connectivity index (χ4n) is 1.26. The summed E-state index contributed by atoms with van der Waals surface area (Å²) < 4.78 is 10.4. The Morgan fingerprint density at radius 2 is 2.06 bits per heavy atom. The number of nitrogens with two attached hydrogens (primary N) is 1. The van der Waals surface area contributed by atoms with Gasteiger partial charge in [-0.15, -0.1) is 12.4 Å². The molecule has 0 aromatic carbocycles. The zero-order valence-electron chi connectivity index (χ0n) is 11.6. The van der Waals surface area contributed by atoms with Gasteiger partial charge in [0, 0.05) is 33.4 Å². The highest BCUT2D eigenvalue weighted by Gasteiger charge is 2.10. The maximum absolute atomic E-state index is 11.4. The third-order valence-electron chi connectivity index (χ3n) is 2.25. The first-order valence-corrected chi connectivity index (χ1v) is 6.17. The van der Waals surface area contributed by atoms with Crippen molar-refractivity contribution in [1.82, 2.24) is 5.32 Å². The van der Waals surface area contributed by atoms with Crippen LogP contribution in [0, 0.1) is 5.92 Å². The van der Waals surface area contributed by atoms with Gasteiger partial charge in [-0.2, -0.15) is 0 Å². The Morgan fingerprint density at radius 1 is 1.39 bits per heavy atom. The van der Waals surface area contributed by atoms with Gasteiger partial charge in [-0.1, -0.05) is 13.8 Å². The molecular weight excluding hydrogens is 256 g/mol. The molecule has 0 bridgehead atoms. The highest BCUT2D eigenvalue weighted by molar-refractivity contribution is 5.85. The van der Waals surface area contributed by atoms with Crippen molar-refractivity contribution in [3.63, 3.8) is 0 Å². The largest absolute Gasteiger partial charge is 0.381 e. The van der Waals surface area contributed by atoms with E-state index in [0.29, 0.717) is 32.0 Å². The third-order valence-corrected chi connectivity index (χ3v) is 2.25. The Bertz CT molecular complexity index is 200. The summed E-state index contributed by atoms with van der Waals surface area (Å²) in [5.41, 5.74) is 5.43. The van der Waals surface area contributed by atoms with Gasteiger partial charge in [0.1, 0.15) is 0 Å². The number of ether oxygens (including phenoxy) is 2. The van der Waals surface area contributed by atoms with Crippen LogP contribution in [0.5, 0.6) is 0 Å². The van der Waals surface area contributed by atoms with Gasteiger partial charge >= 0.3 is 0 Å². The molecule has 1 unspecified atom stereocenters. The Labute approximate surface area is 116 Å². The number of carbonyl (C=O) groups is 1. The van der Waals surface area contributed by atoms with Crippen LogP contribution in [-0.4, -0.2) is 45.4 Å². The SMILES string of the molecule is COC(CN)CC(=O)NCCCOCC(C)C.Cl. The van der Waals surface area contributed by atoms with Gasteiger partial charge in [0.2, 0.25) is 5.91 Å². The van der Waals surface area contributed by atoms with Gasteiger partial charge in [-0.25, -0.2) is 0 Å². The molecule has 3 N–H and O–H groups in total. The molecule has 6 heteroatoms. The minimum absolute atomic E-state index is 0. The molecule has 0 spiro atoms. The molecule has 0 aromatic heterocycles. The number of amides is 1. The first-order chi connectivity index (χ1) is 8.10. The molecule has 0 aromatic rings. The zero-order chi connectivity index (χ0) is 13.1. The summed E-state index contributed by atoms with van der Waals surface area (Å²) in [6.07, 6.45) is 0.964. The van der Waals surface area contributed by atoms with Gasteiger partial charge < -0.3 is 20.5 Å². The Kier molecular flexibility index (Phi) is 14.5. The van der Waals surface area contributed by atoms with Gasteiger partial charge in [0.05, 0.1) is 12.5 Å². The third kappa shape index (κ3) is 12.1. The van der Waals surface area contributed by atoms with Crippen molar-refractivity contribution in [2.24, 2.45) is 11.7 Å². The Balaban J connectivity index is 0. The van der Waals surface area contributed by atoms with Crippen molar-refractivity contribution in [3.05, 3.63) is 0 Å². The van der Waals surface area contributed by atoms with E-state index in [-0.39, 0.29) is 24.4 Å². The molecule has 0 rings (SSSR count). The standard InChI is InChI=1S/C12H26N2O3.ClH/c1-10(2)9-17-6-4-5-14-12(15)7-11(8-13)16-3;/h10-11H,4-9,13H2,1-3H3,(H,14,15);1H. The summed E-state index contributed by atoms with van der Waals surface area (Å²) in [4.78, 5) is 11.4. The van der Waals surface area contributed by atoms with Crippen LogP contribution in [0.15, 0.2) is 0 Å². The second-order valence-corrected chi connectivity index (χ2v) is 4.47. The minimum Gasteiger partial charge on any atom is -0.381 e. The average Bonchev–Trinajstić information content (AvgIpc) is 2.30. The summed E-state index contributed by atoms with van der Waals surface area (Å²) in [6, 6.07) is 0. The summed E-state index contributed by atoms with van der Waals surface area (Å²) >= 11 is 0. The van der Waals surface area contributed by atoms with E-state index in [1.165, 1.54) is 0 Å². The van der Waals surface area contributed by atoms with Crippen LogP contribution < -0.4 is 11.1 Å². The van der Waals surface area contributed by atoms with E-state index in [9.17, 15) is 4.79 Å². The molecule has 0 saturated heterocycles. The molecule has 0 fully saturated rings. The van der Waals surface area contributed by atoms with E-state index in [4.69, 9.17) is 15.2 Å². The topological polar surface area (TPSA) is 73.6 Å². The predicted molar refractivity (Wildman–Crippen MR) is 75.0 cm³/mol. The molecule has 18 heavy (non-hydrogen) atoms. The van der Waals surface area contributed by atoms with Gasteiger partial charge in [0.15, 0.2) is 0 Å². The second-order valence-electron chi connectivity index (χ2n) is 4.47. The fraction of sp³-hybridized carbons (Fsp3) is 0.917. The number of carbonyl (C=O) groups excluding carboxylic acids is 1. The highest BCUT2D eigenvalue weighted by Crippen LogP contribution is 1.95. The molecule has 1 atom stereocenters. The number of nitrogens with one attached hydrogen (secondary N) is 1. The van der Waals surface area contributed by atoms with Crippen LogP contribution >= 0.6 is 12.4 Å². The zero-order valence-corrected chi connectivity index (χ0v) is 12.4. The molecule has 1 amide bonds. The molecule has 0 heterocycles. The van der Waals surface area contributed by atoms with E-state index in [1.807, 2.05) is 0 Å². The molecule has 0 aliphatic carbocycles. The van der Waals surface area contributed by atoms with Crippen LogP contribution in [0.25, 0.3) is 0 Å². The van der Waals surface area contributed by atoms with Crippen LogP contribution in [-0.2, 0) is 14.3 Å². The number of hydrogen-bond donors (Lipinski definition) is 2. The summed E-state index contributed by atoms with van der Waals surface area (Å²) in [6.45, 7) is 6.67. The molecule has 110 valence electrons. The summed E-state index contributed by atoms with van der Waals surface area (Å²) in [5.74, 6) is 0.530. The van der Waals surface area contributed by atoms with E-state index < -0.39 is 0 Å². The van der Waals surface area contributed by atoms with Crippen molar-refractivity contribution in [3.8, 4) is 0 Å². The lowest BCUT2D eigenvalue weighted by Crippen LogP contribution is -2.33. The van der Waals surface area contributed by atoms with E-state index in [1.54, 1.807) is 7.11 Å². The maximum atomic E-state index is 11.4. The van der Waals surface area contributed by atoms with E-state index in [2.05, 4.69) is 19.2 Å². The highest BCUT2D eigenvalue weighted by atomic mass is 35.5. The van der Waals surface area contributed by atoms with Crippen LogP contribution in [0.2, 0.25) is 0 Å². The maximum Gasteiger partial charge on any atom is 0.222 e. The summed E-state index contributed by atoms with van der Waals surface area (Å²) in [5, 5.41) is 2.82. The van der Waals surface area contributed by atoms with Crippen LogP contribution in [0.4, 0.5) is 0 Å². The Morgan fingerprint density at radius 3 is 2.56 bits per heavy atom. The Hall–Kier alpha value is -0.360. The van der Waals surface area contributed by atoms with Crippen molar-refractivity contribution in [2.45, 2.75) is 32.8 Å². The molecule has 0 aliphatic heterocycles. The number of rotatable bonds is 10. The number of methoxy groups -OCH3 is 1. The second kappa shape index (κ2) is 13.1. The van der Waals surface area contributed by atoms with Gasteiger partial charge in [-0.3, -0.25) is 4.79 Å². The lowest BCUT2D eigenvalue weighted by Gasteiger charge is -2.12. The minimum atomic E-state index is -0.188. The monoisotopic (exact) mass is 282 g/mol. The van der Waals surface area contributed by atoms with Crippen LogP contribution in [0.1, 0.15) is 26.7 Å². The lowest BCUT2D eigenvalue weighted by atomic mass is 10.2. The smallest absolute Gasteiger partial charge is 0.222 e. The number of hydrogen-bond acceptors (Lipinski definition) is 4. The van der Waals surface area contributed by atoms with Crippen molar-refractivity contribution >= 4 is 18.3 Å². The number of halogens is 1. The lowest BCUT2D eigenvalue weighted by molar-refractivity contribution is -0.123. The normalized spacial score (nSPS) is 12.1. The van der Waals surface area contributed by atoms with Crippen LogP contribution in [0.3, 0.4) is 0 Å². The average molecular weight is 283 g/mol. The van der Waals surface area contributed by atoms with Crippen molar-refractivity contribution in [2.75, 3.05) is 33.4 Å². The molecule has 0 radical (unpaired) electrons. The van der Waals surface area contributed by atoms with E-state index >= 15 is 0 Å². The molecule has 0 aliphatic rings. The first kappa shape index (κ1) is 20.0. The fourth-order valence-corrected chi connectivity index (χ4v) is 1.26. The van der Waals surface area contributed by atoms with E-state index in [0.717, 1.165) is 13.0 Å². The van der Waals surface area contributed by atoms with Gasteiger partial charge in [-0.05, 0) is 12.3 Å². The summed E-state index contributed by atoms with van der Waals surface area (Å²) in [7, 11) is 1.56. The van der Waals surface area contributed by atoms with Crippen molar-refractivity contribution in [1.29, 1.82) is 0 Å². The predicted octanol–water partition coefficient (Wildman–Crippen LogP) is 0.951. The first-order valence-electron chi connectivity index (χ1n) is 6.17. The molecule has 5 nitrogen and oxygen atoms in total.